The van der Waals surface area contributed by atoms with E-state index in [1.54, 1.807) is 11.3 Å². The van der Waals surface area contributed by atoms with Gasteiger partial charge in [-0.05, 0) is 24.1 Å². The van der Waals surface area contributed by atoms with Gasteiger partial charge in [-0.2, -0.15) is 0 Å². The second kappa shape index (κ2) is 6.54. The third-order valence-corrected chi connectivity index (χ3v) is 6.58. The predicted octanol–water partition coefficient (Wildman–Crippen LogP) is 6.66. The van der Waals surface area contributed by atoms with Gasteiger partial charge in [0.05, 0.1) is 10.3 Å². The number of thiophene rings is 1. The summed E-state index contributed by atoms with van der Waals surface area (Å²) in [5, 5.41) is 2.10. The molecular weight excluding hydrogens is 365 g/mol. The molecule has 0 bridgehead atoms. The topological polar surface area (TPSA) is 3.88 Å². The van der Waals surface area contributed by atoms with E-state index in [4.69, 9.17) is 0 Å². The predicted molar refractivity (Wildman–Crippen MR) is 116 cm³/mol. The molecule has 0 unspecified atom stereocenters. The van der Waals surface area contributed by atoms with Crippen molar-refractivity contribution >= 4 is 31.5 Å². The number of fused-ring (bicyclic) bond motifs is 3. The Hall–Kier alpha value is -3.04. The van der Waals surface area contributed by atoms with Crippen LogP contribution in [0.1, 0.15) is 5.56 Å². The number of hydrogen-bond donors (Lipinski definition) is 0. The second-order valence-electron chi connectivity index (χ2n) is 7.10. The molecule has 0 amide bonds. The minimum absolute atomic E-state index is 0.133. The number of nitrogens with zero attached hydrogens (tertiary/aromatic N) is 1. The van der Waals surface area contributed by atoms with Crippen molar-refractivity contribution in [2.24, 2.45) is 7.05 Å². The number of benzene rings is 3. The average Bonchev–Trinajstić information content (AvgIpc) is 3.09. The number of halogens is 1. The van der Waals surface area contributed by atoms with Gasteiger partial charge in [0.25, 0.3) is 0 Å². The fourth-order valence-electron chi connectivity index (χ4n) is 3.91. The Balaban J connectivity index is 1.85. The lowest BCUT2D eigenvalue weighted by Gasteiger charge is -2.06. The first-order valence-electron chi connectivity index (χ1n) is 9.30. The maximum absolute atomic E-state index is 15.5. The SMILES string of the molecule is Cc1ccc2c(sc3c(F)c(-c4ccccc4)ccc32)c1-c1cccc[n+]1C. The van der Waals surface area contributed by atoms with Crippen LogP contribution in [0.5, 0.6) is 0 Å². The molecule has 136 valence electrons. The summed E-state index contributed by atoms with van der Waals surface area (Å²) in [5.74, 6) is -0.133. The Kier molecular flexibility index (Phi) is 3.99. The Morgan fingerprint density at radius 2 is 1.50 bits per heavy atom. The summed E-state index contributed by atoms with van der Waals surface area (Å²) in [7, 11) is 2.05. The lowest BCUT2D eigenvalue weighted by molar-refractivity contribution is -0.660. The lowest BCUT2D eigenvalue weighted by atomic mass is 9.99. The highest BCUT2D eigenvalue weighted by Crippen LogP contribution is 2.43. The fraction of sp³-hybridized carbons (Fsp3) is 0.0800. The van der Waals surface area contributed by atoms with Crippen molar-refractivity contribution in [3.05, 3.63) is 90.4 Å². The lowest BCUT2D eigenvalue weighted by Crippen LogP contribution is -2.30. The number of aryl methyl sites for hydroxylation is 2. The average molecular weight is 384 g/mol. The first kappa shape index (κ1) is 17.1. The quantitative estimate of drug-likeness (QED) is 0.300. The van der Waals surface area contributed by atoms with Crippen molar-refractivity contribution in [1.29, 1.82) is 0 Å². The van der Waals surface area contributed by atoms with E-state index in [0.717, 1.165) is 31.4 Å². The molecule has 0 N–H and O–H groups in total. The molecule has 28 heavy (non-hydrogen) atoms. The molecule has 0 aliphatic carbocycles. The molecule has 0 saturated heterocycles. The molecular formula is C25H19FNS+. The van der Waals surface area contributed by atoms with Crippen molar-refractivity contribution in [3.8, 4) is 22.4 Å². The molecule has 5 rings (SSSR count). The molecule has 0 aliphatic rings. The maximum Gasteiger partial charge on any atom is 0.213 e. The van der Waals surface area contributed by atoms with E-state index in [-0.39, 0.29) is 5.82 Å². The van der Waals surface area contributed by atoms with E-state index in [2.05, 4.69) is 55.1 Å². The standard InChI is InChI=1S/C25H19FNS/c1-16-11-12-19-20-14-13-18(17-8-4-3-5-9-17)23(26)25(20)28-24(19)22(16)21-10-6-7-15-27(21)2/h3-15H,1-2H3/q+1. The summed E-state index contributed by atoms with van der Waals surface area (Å²) in [4.78, 5) is 0. The van der Waals surface area contributed by atoms with E-state index >= 15 is 4.39 Å². The van der Waals surface area contributed by atoms with Gasteiger partial charge in [0.1, 0.15) is 12.9 Å². The first-order valence-corrected chi connectivity index (χ1v) is 10.1. The minimum Gasteiger partial charge on any atom is -0.205 e. The van der Waals surface area contributed by atoms with Crippen LogP contribution < -0.4 is 4.57 Å². The number of aromatic nitrogens is 1. The summed E-state index contributed by atoms with van der Waals surface area (Å²) in [6.07, 6.45) is 2.05. The zero-order chi connectivity index (χ0) is 19.3. The number of pyridine rings is 1. The van der Waals surface area contributed by atoms with Crippen LogP contribution >= 0.6 is 11.3 Å². The number of hydrogen-bond acceptors (Lipinski definition) is 1. The summed E-state index contributed by atoms with van der Waals surface area (Å²) in [6, 6.07) is 24.2. The zero-order valence-electron chi connectivity index (χ0n) is 15.7. The van der Waals surface area contributed by atoms with Crippen LogP contribution in [-0.2, 0) is 7.05 Å². The van der Waals surface area contributed by atoms with Crippen LogP contribution in [0.2, 0.25) is 0 Å². The van der Waals surface area contributed by atoms with Gasteiger partial charge in [-0.1, -0.05) is 54.6 Å². The largest absolute Gasteiger partial charge is 0.213 e. The molecule has 3 aromatic carbocycles. The van der Waals surface area contributed by atoms with Gasteiger partial charge in [-0.3, -0.25) is 0 Å². The van der Waals surface area contributed by atoms with Crippen molar-refractivity contribution in [2.75, 3.05) is 0 Å². The van der Waals surface area contributed by atoms with Crippen LogP contribution in [0.25, 0.3) is 42.6 Å². The van der Waals surface area contributed by atoms with Gasteiger partial charge in [0, 0.05) is 33.2 Å². The van der Waals surface area contributed by atoms with Crippen molar-refractivity contribution in [3.63, 3.8) is 0 Å². The van der Waals surface area contributed by atoms with E-state index in [1.807, 2.05) is 42.5 Å². The van der Waals surface area contributed by atoms with Crippen LogP contribution in [0.3, 0.4) is 0 Å². The first-order chi connectivity index (χ1) is 13.6. The van der Waals surface area contributed by atoms with Crippen molar-refractivity contribution in [2.45, 2.75) is 6.92 Å². The Bertz CT molecular complexity index is 1340. The van der Waals surface area contributed by atoms with Gasteiger partial charge in [0.2, 0.25) is 5.69 Å². The normalized spacial score (nSPS) is 11.4. The minimum atomic E-state index is -0.133. The molecule has 0 fully saturated rings. The molecule has 0 aliphatic heterocycles. The molecule has 0 saturated carbocycles. The summed E-state index contributed by atoms with van der Waals surface area (Å²) >= 11 is 1.55. The van der Waals surface area contributed by atoms with E-state index in [9.17, 15) is 0 Å². The van der Waals surface area contributed by atoms with Crippen LogP contribution in [-0.4, -0.2) is 0 Å². The fourth-order valence-corrected chi connectivity index (χ4v) is 5.26. The Labute approximate surface area is 167 Å². The highest BCUT2D eigenvalue weighted by molar-refractivity contribution is 7.26. The maximum atomic E-state index is 15.5. The highest BCUT2D eigenvalue weighted by Gasteiger charge is 2.20. The highest BCUT2D eigenvalue weighted by atomic mass is 32.1. The van der Waals surface area contributed by atoms with E-state index in [1.165, 1.54) is 11.1 Å². The van der Waals surface area contributed by atoms with Gasteiger partial charge < -0.3 is 0 Å². The molecule has 0 atom stereocenters. The molecule has 1 nitrogen and oxygen atoms in total. The van der Waals surface area contributed by atoms with Crippen LogP contribution in [0.15, 0.2) is 79.0 Å². The van der Waals surface area contributed by atoms with Crippen molar-refractivity contribution < 1.29 is 8.96 Å². The van der Waals surface area contributed by atoms with Crippen molar-refractivity contribution in [1.82, 2.24) is 0 Å². The van der Waals surface area contributed by atoms with E-state index in [0.29, 0.717) is 5.56 Å². The zero-order valence-corrected chi connectivity index (χ0v) is 16.6. The Morgan fingerprint density at radius 1 is 0.786 bits per heavy atom. The summed E-state index contributed by atoms with van der Waals surface area (Å²) < 4.78 is 19.5. The third-order valence-electron chi connectivity index (χ3n) is 5.35. The Morgan fingerprint density at radius 3 is 2.29 bits per heavy atom. The van der Waals surface area contributed by atoms with E-state index < -0.39 is 0 Å². The monoisotopic (exact) mass is 384 g/mol. The molecule has 3 heteroatoms. The van der Waals surface area contributed by atoms with Gasteiger partial charge >= 0.3 is 0 Å². The van der Waals surface area contributed by atoms with Crippen LogP contribution in [0.4, 0.5) is 4.39 Å². The van der Waals surface area contributed by atoms with Gasteiger partial charge in [-0.15, -0.1) is 11.3 Å². The second-order valence-corrected chi connectivity index (χ2v) is 8.12. The van der Waals surface area contributed by atoms with Crippen LogP contribution in [0, 0.1) is 12.7 Å². The smallest absolute Gasteiger partial charge is 0.205 e. The molecule has 0 radical (unpaired) electrons. The number of rotatable bonds is 2. The molecule has 2 heterocycles. The third kappa shape index (κ3) is 2.54. The summed E-state index contributed by atoms with van der Waals surface area (Å²) in [6.45, 7) is 2.12. The molecule has 5 aromatic rings. The summed E-state index contributed by atoms with van der Waals surface area (Å²) in [5.41, 5.74) is 5.08. The molecule has 0 spiro atoms. The van der Waals surface area contributed by atoms with Gasteiger partial charge in [-0.25, -0.2) is 8.96 Å². The molecule has 2 aromatic heterocycles. The van der Waals surface area contributed by atoms with Gasteiger partial charge in [0.15, 0.2) is 6.20 Å².